The van der Waals surface area contributed by atoms with Gasteiger partial charge in [-0.1, -0.05) is 42.5 Å². The van der Waals surface area contributed by atoms with Crippen molar-refractivity contribution in [3.8, 4) is 5.75 Å². The Kier molecular flexibility index (Phi) is 8.17. The van der Waals surface area contributed by atoms with Crippen molar-refractivity contribution in [2.45, 2.75) is 38.3 Å². The summed E-state index contributed by atoms with van der Waals surface area (Å²) in [6, 6.07) is 20.4. The number of benzene rings is 2. The highest BCUT2D eigenvalue weighted by molar-refractivity contribution is 5.91. The van der Waals surface area contributed by atoms with E-state index in [1.54, 1.807) is 24.5 Å². The summed E-state index contributed by atoms with van der Waals surface area (Å²) in [4.78, 5) is 47.1. The number of likely N-dealkylation sites (tertiary alicyclic amines) is 1. The number of phenols is 1. The third kappa shape index (κ3) is 6.61. The molecular formula is C30H33N5O4. The topological polar surface area (TPSA) is 106 Å². The van der Waals surface area contributed by atoms with Gasteiger partial charge in [0.2, 0.25) is 11.8 Å². The first-order valence-electron chi connectivity index (χ1n) is 13.3. The van der Waals surface area contributed by atoms with Crippen LogP contribution in [0, 0.1) is 5.92 Å². The first kappa shape index (κ1) is 26.4. The second-order valence-corrected chi connectivity index (χ2v) is 10.2. The lowest BCUT2D eigenvalue weighted by molar-refractivity contribution is -0.140. The fraction of sp³-hybridized carbons (Fsp3) is 0.333. The van der Waals surface area contributed by atoms with Crippen LogP contribution in [0.3, 0.4) is 0 Å². The molecule has 2 aliphatic heterocycles. The van der Waals surface area contributed by atoms with Gasteiger partial charge in [0.15, 0.2) is 0 Å². The maximum absolute atomic E-state index is 13.5. The minimum atomic E-state index is -0.593. The van der Waals surface area contributed by atoms with Gasteiger partial charge in [-0.3, -0.25) is 29.7 Å². The summed E-state index contributed by atoms with van der Waals surface area (Å²) in [7, 11) is 0. The number of aromatic nitrogens is 1. The summed E-state index contributed by atoms with van der Waals surface area (Å²) in [5.41, 5.74) is 5.98. The largest absolute Gasteiger partial charge is 0.508 e. The van der Waals surface area contributed by atoms with Crippen LogP contribution in [0.4, 0.5) is 0 Å². The van der Waals surface area contributed by atoms with Crippen molar-refractivity contribution >= 4 is 17.7 Å². The van der Waals surface area contributed by atoms with E-state index in [0.717, 1.165) is 24.0 Å². The number of hydrazine groups is 1. The third-order valence-corrected chi connectivity index (χ3v) is 7.41. The van der Waals surface area contributed by atoms with Crippen LogP contribution in [0.2, 0.25) is 0 Å². The van der Waals surface area contributed by atoms with E-state index in [0.29, 0.717) is 19.5 Å². The van der Waals surface area contributed by atoms with Gasteiger partial charge in [-0.2, -0.15) is 0 Å². The predicted octanol–water partition coefficient (Wildman–Crippen LogP) is 2.51. The van der Waals surface area contributed by atoms with Gasteiger partial charge < -0.3 is 10.0 Å². The molecule has 2 N–H and O–H groups in total. The number of pyridine rings is 1. The Balaban J connectivity index is 1.26. The Labute approximate surface area is 228 Å². The molecule has 5 rings (SSSR count). The molecule has 3 amide bonds. The number of hydrogen-bond acceptors (Lipinski definition) is 6. The van der Waals surface area contributed by atoms with Crippen molar-refractivity contribution in [2.75, 3.05) is 19.8 Å². The number of rotatable bonds is 10. The van der Waals surface area contributed by atoms with Crippen LogP contribution in [0.25, 0.3) is 0 Å². The predicted molar refractivity (Wildman–Crippen MR) is 145 cm³/mol. The van der Waals surface area contributed by atoms with Gasteiger partial charge in [0.25, 0.3) is 5.91 Å². The number of aryl methyl sites for hydroxylation is 1. The number of aromatic hydroxyl groups is 1. The number of hydrogen-bond donors (Lipinski definition) is 2. The van der Waals surface area contributed by atoms with Gasteiger partial charge in [-0.15, -0.1) is 0 Å². The van der Waals surface area contributed by atoms with Crippen LogP contribution in [0.1, 0.15) is 29.5 Å². The number of carbonyl (C=O) groups is 3. The molecule has 2 aromatic carbocycles. The average molecular weight is 528 g/mol. The molecule has 1 aromatic heterocycles. The summed E-state index contributed by atoms with van der Waals surface area (Å²) in [5, 5.41) is 11.1. The quantitative estimate of drug-likeness (QED) is 0.420. The van der Waals surface area contributed by atoms with Gasteiger partial charge in [0.1, 0.15) is 5.75 Å². The lowest BCUT2D eigenvalue weighted by atomic mass is 9.93. The number of phenolic OH excluding ortho intramolecular Hbond substituents is 1. The van der Waals surface area contributed by atoms with Gasteiger partial charge >= 0.3 is 0 Å². The van der Waals surface area contributed by atoms with E-state index in [4.69, 9.17) is 0 Å². The van der Waals surface area contributed by atoms with Crippen molar-refractivity contribution in [1.82, 2.24) is 25.2 Å². The molecule has 9 heteroatoms. The lowest BCUT2D eigenvalue weighted by Gasteiger charge is -2.29. The summed E-state index contributed by atoms with van der Waals surface area (Å²) in [6.45, 7) is 1.59. The highest BCUT2D eigenvalue weighted by atomic mass is 16.3. The normalized spacial score (nSPS) is 19.6. The van der Waals surface area contributed by atoms with Crippen LogP contribution in [-0.4, -0.2) is 68.4 Å². The summed E-state index contributed by atoms with van der Waals surface area (Å²) >= 11 is 0. The number of nitrogens with zero attached hydrogens (tertiary/aromatic N) is 4. The molecule has 2 atom stereocenters. The standard InChI is InChI=1S/C30H33N5O4/c36-25-10-8-23(9-11-25)17-27-26(18-28(37)34(27)16-4-7-22-5-2-1-3-6-22)30(39)32-35-21-33(20-29(35)38)19-24-12-14-31-15-13-24/h1-3,5-6,8-15,26-27,36H,4,7,16-21H2,(H,32,39). The number of carbonyl (C=O) groups excluding carboxylic acids is 3. The van der Waals surface area contributed by atoms with Crippen LogP contribution in [0.15, 0.2) is 79.1 Å². The fourth-order valence-electron chi connectivity index (χ4n) is 5.40. The molecule has 2 fully saturated rings. The van der Waals surface area contributed by atoms with E-state index in [-0.39, 0.29) is 49.1 Å². The molecule has 202 valence electrons. The zero-order valence-electron chi connectivity index (χ0n) is 21.8. The fourth-order valence-corrected chi connectivity index (χ4v) is 5.40. The van der Waals surface area contributed by atoms with E-state index in [2.05, 4.69) is 22.5 Å². The van der Waals surface area contributed by atoms with Crippen LogP contribution in [0.5, 0.6) is 5.75 Å². The van der Waals surface area contributed by atoms with Crippen molar-refractivity contribution in [1.29, 1.82) is 0 Å². The lowest BCUT2D eigenvalue weighted by Crippen LogP contribution is -2.49. The molecule has 0 spiro atoms. The summed E-state index contributed by atoms with van der Waals surface area (Å²) in [6.07, 6.45) is 5.63. The number of amides is 3. The Morgan fingerprint density at radius 2 is 1.67 bits per heavy atom. The Hall–Kier alpha value is -4.24. The molecule has 2 aliphatic rings. The van der Waals surface area contributed by atoms with E-state index >= 15 is 0 Å². The van der Waals surface area contributed by atoms with E-state index in [1.807, 2.05) is 52.3 Å². The molecule has 0 radical (unpaired) electrons. The molecule has 3 aromatic rings. The van der Waals surface area contributed by atoms with Crippen LogP contribution >= 0.6 is 0 Å². The monoisotopic (exact) mass is 527 g/mol. The summed E-state index contributed by atoms with van der Waals surface area (Å²) < 4.78 is 0. The highest BCUT2D eigenvalue weighted by Gasteiger charge is 2.44. The average Bonchev–Trinajstić information content (AvgIpc) is 3.44. The molecule has 39 heavy (non-hydrogen) atoms. The Morgan fingerprint density at radius 3 is 2.41 bits per heavy atom. The molecule has 0 bridgehead atoms. The first-order chi connectivity index (χ1) is 19.0. The van der Waals surface area contributed by atoms with Gasteiger partial charge in [-0.25, -0.2) is 5.01 Å². The maximum Gasteiger partial charge on any atom is 0.256 e. The van der Waals surface area contributed by atoms with E-state index < -0.39 is 5.92 Å². The van der Waals surface area contributed by atoms with Crippen molar-refractivity contribution in [2.24, 2.45) is 5.92 Å². The Morgan fingerprint density at radius 1 is 0.923 bits per heavy atom. The Bertz CT molecular complexity index is 1290. The zero-order valence-corrected chi connectivity index (χ0v) is 21.8. The first-order valence-corrected chi connectivity index (χ1v) is 13.3. The smallest absolute Gasteiger partial charge is 0.256 e. The summed E-state index contributed by atoms with van der Waals surface area (Å²) in [5.74, 6) is -0.989. The zero-order chi connectivity index (χ0) is 27.2. The maximum atomic E-state index is 13.5. The van der Waals surface area contributed by atoms with Gasteiger partial charge in [-0.05, 0) is 60.2 Å². The molecular weight excluding hydrogens is 494 g/mol. The third-order valence-electron chi connectivity index (χ3n) is 7.41. The minimum absolute atomic E-state index is 0.0564. The second kappa shape index (κ2) is 12.1. The van der Waals surface area contributed by atoms with Crippen LogP contribution in [-0.2, 0) is 33.8 Å². The molecule has 2 unspecified atom stereocenters. The minimum Gasteiger partial charge on any atom is -0.508 e. The molecule has 9 nitrogen and oxygen atoms in total. The van der Waals surface area contributed by atoms with Crippen molar-refractivity contribution < 1.29 is 19.5 Å². The van der Waals surface area contributed by atoms with Gasteiger partial charge in [0.05, 0.1) is 19.1 Å². The van der Waals surface area contributed by atoms with E-state index in [9.17, 15) is 19.5 Å². The van der Waals surface area contributed by atoms with Crippen molar-refractivity contribution in [3.63, 3.8) is 0 Å². The SMILES string of the molecule is O=C(NN1CN(Cc2ccncc2)CC1=O)C1CC(=O)N(CCCc2ccccc2)C1Cc1ccc(O)cc1. The van der Waals surface area contributed by atoms with Crippen molar-refractivity contribution in [3.05, 3.63) is 95.8 Å². The van der Waals surface area contributed by atoms with Crippen LogP contribution < -0.4 is 5.43 Å². The van der Waals surface area contributed by atoms with Gasteiger partial charge in [0, 0.05) is 37.9 Å². The molecule has 2 saturated heterocycles. The second-order valence-electron chi connectivity index (χ2n) is 10.2. The highest BCUT2D eigenvalue weighted by Crippen LogP contribution is 2.30. The number of nitrogens with one attached hydrogen (secondary N) is 1. The molecule has 0 aliphatic carbocycles. The molecule has 0 saturated carbocycles. The van der Waals surface area contributed by atoms with E-state index in [1.165, 1.54) is 10.6 Å². The molecule has 3 heterocycles.